The molecule has 0 unspecified atom stereocenters. The van der Waals surface area contributed by atoms with Crippen LogP contribution in [0.1, 0.15) is 37.8 Å². The molecule has 0 fully saturated rings. The second-order valence-electron chi connectivity index (χ2n) is 5.03. The molecule has 0 saturated heterocycles. The monoisotopic (exact) mass is 284 g/mol. The first-order chi connectivity index (χ1) is 8.85. The Hall–Kier alpha value is -1.26. The maximum atomic E-state index is 11.0. The van der Waals surface area contributed by atoms with E-state index in [-0.39, 0.29) is 18.9 Å². The highest BCUT2D eigenvalue weighted by atomic mass is 35.5. The van der Waals surface area contributed by atoms with Gasteiger partial charge >= 0.3 is 5.97 Å². The van der Waals surface area contributed by atoms with E-state index in [0.717, 1.165) is 12.0 Å². The lowest BCUT2D eigenvalue weighted by molar-refractivity contribution is -0.145. The van der Waals surface area contributed by atoms with Gasteiger partial charge in [0.2, 0.25) is 0 Å². The maximum absolute atomic E-state index is 11.0. The summed E-state index contributed by atoms with van der Waals surface area (Å²) < 4.78 is 5.69. The van der Waals surface area contributed by atoms with Crippen molar-refractivity contribution < 1.29 is 19.7 Å². The van der Waals surface area contributed by atoms with Crippen LogP contribution >= 0.6 is 11.6 Å². The van der Waals surface area contributed by atoms with E-state index in [1.807, 2.05) is 13.8 Å². The van der Waals surface area contributed by atoms with E-state index in [2.05, 4.69) is 0 Å². The van der Waals surface area contributed by atoms with Crippen molar-refractivity contribution in [3.05, 3.63) is 28.3 Å². The fourth-order valence-electron chi connectivity index (χ4n) is 2.59. The molecule has 1 aromatic carbocycles. The van der Waals surface area contributed by atoms with E-state index in [4.69, 9.17) is 21.4 Å². The normalized spacial score (nSPS) is 25.6. The number of aliphatic hydroxyl groups is 1. The Kier molecular flexibility index (Phi) is 3.74. The van der Waals surface area contributed by atoms with Gasteiger partial charge < -0.3 is 14.9 Å². The Morgan fingerprint density at radius 3 is 2.84 bits per heavy atom. The van der Waals surface area contributed by atoms with Crippen LogP contribution in [0, 0.1) is 0 Å². The summed E-state index contributed by atoms with van der Waals surface area (Å²) in [5, 5.41) is 20.1. The highest BCUT2D eigenvalue weighted by Crippen LogP contribution is 2.43. The lowest BCUT2D eigenvalue weighted by Crippen LogP contribution is -2.39. The number of fused-ring (bicyclic) bond motifs is 1. The molecule has 0 spiro atoms. The second-order valence-corrected chi connectivity index (χ2v) is 5.44. The van der Waals surface area contributed by atoms with E-state index in [0.29, 0.717) is 16.3 Å². The molecular formula is C14H17ClO4. The number of rotatable bonds is 3. The van der Waals surface area contributed by atoms with Crippen molar-refractivity contribution in [2.24, 2.45) is 0 Å². The van der Waals surface area contributed by atoms with E-state index >= 15 is 0 Å². The Bertz CT molecular complexity index is 514. The molecule has 5 heteroatoms. The number of benzene rings is 1. The minimum atomic E-state index is -1.42. The smallest absolute Gasteiger partial charge is 0.306 e. The quantitative estimate of drug-likeness (QED) is 0.896. The third-order valence-electron chi connectivity index (χ3n) is 3.43. The van der Waals surface area contributed by atoms with E-state index in [1.165, 1.54) is 0 Å². The number of aliphatic carboxylic acids is 1. The van der Waals surface area contributed by atoms with Crippen LogP contribution in [-0.4, -0.2) is 22.3 Å². The SMILES string of the molecule is CCc1cc2c(cc1Cl)[C@](O)(CC(=O)O)C[C@@H](C)O2. The summed E-state index contributed by atoms with van der Waals surface area (Å²) >= 11 is 6.15. The summed E-state index contributed by atoms with van der Waals surface area (Å²) in [5.74, 6) is -0.512. The summed E-state index contributed by atoms with van der Waals surface area (Å²) in [5.41, 5.74) is -0.0308. The fourth-order valence-corrected chi connectivity index (χ4v) is 2.89. The molecule has 2 atom stereocenters. The van der Waals surface area contributed by atoms with Crippen molar-refractivity contribution in [3.63, 3.8) is 0 Å². The Morgan fingerprint density at radius 2 is 2.26 bits per heavy atom. The average molecular weight is 285 g/mol. The number of hydrogen-bond acceptors (Lipinski definition) is 3. The van der Waals surface area contributed by atoms with E-state index in [9.17, 15) is 9.90 Å². The van der Waals surface area contributed by atoms with Gasteiger partial charge in [-0.05, 0) is 31.0 Å². The minimum absolute atomic E-state index is 0.234. The number of carboxylic acids is 1. The molecule has 0 aromatic heterocycles. The Labute approximate surface area is 117 Å². The van der Waals surface area contributed by atoms with Crippen LogP contribution in [0.4, 0.5) is 0 Å². The summed E-state index contributed by atoms with van der Waals surface area (Å²) in [6.07, 6.45) is 0.410. The summed E-state index contributed by atoms with van der Waals surface area (Å²) in [6.45, 7) is 3.79. The topological polar surface area (TPSA) is 66.8 Å². The number of aryl methyl sites for hydroxylation is 1. The molecule has 2 N–H and O–H groups in total. The second kappa shape index (κ2) is 5.02. The molecule has 0 amide bonds. The Morgan fingerprint density at radius 1 is 1.58 bits per heavy atom. The molecule has 4 nitrogen and oxygen atoms in total. The van der Waals surface area contributed by atoms with Crippen molar-refractivity contribution in [2.75, 3.05) is 0 Å². The van der Waals surface area contributed by atoms with Gasteiger partial charge in [0, 0.05) is 17.0 Å². The van der Waals surface area contributed by atoms with Crippen molar-refractivity contribution >= 4 is 17.6 Å². The zero-order valence-electron chi connectivity index (χ0n) is 10.9. The predicted octanol–water partition coefficient (Wildman–Crippen LogP) is 2.74. The lowest BCUT2D eigenvalue weighted by Gasteiger charge is -2.37. The van der Waals surface area contributed by atoms with Crippen molar-refractivity contribution in [3.8, 4) is 5.75 Å². The van der Waals surface area contributed by atoms with Crippen molar-refractivity contribution in [1.82, 2.24) is 0 Å². The third kappa shape index (κ3) is 2.69. The van der Waals surface area contributed by atoms with Gasteiger partial charge in [0.1, 0.15) is 11.4 Å². The molecule has 0 bridgehead atoms. The van der Waals surface area contributed by atoms with Crippen LogP contribution in [0.25, 0.3) is 0 Å². The average Bonchev–Trinajstić information content (AvgIpc) is 2.28. The molecular weight excluding hydrogens is 268 g/mol. The van der Waals surface area contributed by atoms with Gasteiger partial charge in [-0.1, -0.05) is 18.5 Å². The Balaban J connectivity index is 2.53. The van der Waals surface area contributed by atoms with Crippen LogP contribution in [0.3, 0.4) is 0 Å². The largest absolute Gasteiger partial charge is 0.490 e. The van der Waals surface area contributed by atoms with Gasteiger partial charge in [0.05, 0.1) is 12.5 Å². The molecule has 1 aromatic rings. The molecule has 1 heterocycles. The fraction of sp³-hybridized carbons (Fsp3) is 0.500. The molecule has 1 aliphatic rings. The molecule has 19 heavy (non-hydrogen) atoms. The summed E-state index contributed by atoms with van der Waals surface area (Å²) in [7, 11) is 0. The first-order valence-electron chi connectivity index (χ1n) is 6.29. The third-order valence-corrected chi connectivity index (χ3v) is 3.78. The summed E-state index contributed by atoms with van der Waals surface area (Å²) in [6, 6.07) is 3.42. The van der Waals surface area contributed by atoms with Crippen LogP contribution in [0.2, 0.25) is 5.02 Å². The molecule has 2 rings (SSSR count). The van der Waals surface area contributed by atoms with Gasteiger partial charge in [-0.3, -0.25) is 4.79 Å². The number of ether oxygens (including phenoxy) is 1. The number of halogens is 1. The highest BCUT2D eigenvalue weighted by molar-refractivity contribution is 6.31. The molecule has 0 saturated carbocycles. The van der Waals surface area contributed by atoms with Crippen molar-refractivity contribution in [1.29, 1.82) is 0 Å². The molecule has 0 radical (unpaired) electrons. The lowest BCUT2D eigenvalue weighted by atomic mass is 9.82. The maximum Gasteiger partial charge on any atom is 0.306 e. The molecule has 1 aliphatic heterocycles. The summed E-state index contributed by atoms with van der Waals surface area (Å²) in [4.78, 5) is 11.0. The van der Waals surface area contributed by atoms with Gasteiger partial charge in [-0.25, -0.2) is 0 Å². The zero-order chi connectivity index (χ0) is 14.2. The predicted molar refractivity (Wildman–Crippen MR) is 71.7 cm³/mol. The zero-order valence-corrected chi connectivity index (χ0v) is 11.7. The first-order valence-corrected chi connectivity index (χ1v) is 6.67. The number of hydrogen-bond donors (Lipinski definition) is 2. The standard InChI is InChI=1S/C14H17ClO4/c1-3-9-4-12-10(5-11(9)15)14(18,7-13(16)17)6-8(2)19-12/h4-5,8,18H,3,6-7H2,1-2H3,(H,16,17)/t8-,14-/m1/s1. The minimum Gasteiger partial charge on any atom is -0.490 e. The number of carbonyl (C=O) groups is 1. The first kappa shape index (κ1) is 14.2. The molecule has 104 valence electrons. The van der Waals surface area contributed by atoms with Gasteiger partial charge in [0.15, 0.2) is 0 Å². The highest BCUT2D eigenvalue weighted by Gasteiger charge is 2.41. The van der Waals surface area contributed by atoms with Crippen LogP contribution in [0.15, 0.2) is 12.1 Å². The van der Waals surface area contributed by atoms with Gasteiger partial charge in [-0.2, -0.15) is 0 Å². The number of carboxylic acid groups (broad SMARTS) is 1. The van der Waals surface area contributed by atoms with Crippen molar-refractivity contribution in [2.45, 2.75) is 44.8 Å². The van der Waals surface area contributed by atoms with Crippen LogP contribution in [0.5, 0.6) is 5.75 Å². The van der Waals surface area contributed by atoms with Gasteiger partial charge in [0.25, 0.3) is 0 Å². The van der Waals surface area contributed by atoms with Gasteiger partial charge in [-0.15, -0.1) is 0 Å². The van der Waals surface area contributed by atoms with E-state index in [1.54, 1.807) is 12.1 Å². The van der Waals surface area contributed by atoms with E-state index < -0.39 is 11.6 Å². The van der Waals surface area contributed by atoms with Crippen LogP contribution in [-0.2, 0) is 16.8 Å². The molecule has 0 aliphatic carbocycles. The van der Waals surface area contributed by atoms with Crippen LogP contribution < -0.4 is 4.74 Å².